The number of sulfonamides is 1. The fourth-order valence-electron chi connectivity index (χ4n) is 3.22. The first-order valence-electron chi connectivity index (χ1n) is 7.99. The van der Waals surface area contributed by atoms with E-state index < -0.39 is 22.0 Å². The number of nitrogens with two attached hydrogens (primary N) is 1. The largest absolute Gasteiger partial charge is 0.368 e. The number of hydrogen-bond acceptors (Lipinski definition) is 4. The summed E-state index contributed by atoms with van der Waals surface area (Å²) in [6.45, 7) is 1.51. The summed E-state index contributed by atoms with van der Waals surface area (Å²) < 4.78 is 28.3. The van der Waals surface area contributed by atoms with E-state index in [0.29, 0.717) is 18.2 Å². The van der Waals surface area contributed by atoms with Crippen molar-refractivity contribution in [3.63, 3.8) is 0 Å². The van der Waals surface area contributed by atoms with E-state index in [1.54, 1.807) is 24.3 Å². The van der Waals surface area contributed by atoms with E-state index in [0.717, 1.165) is 18.5 Å². The van der Waals surface area contributed by atoms with Gasteiger partial charge in [-0.3, -0.25) is 4.79 Å². The number of benzene rings is 2. The molecule has 1 unspecified atom stereocenters. The van der Waals surface area contributed by atoms with Crippen molar-refractivity contribution < 1.29 is 13.2 Å². The number of fused-ring (bicyclic) bond motifs is 1. The lowest BCUT2D eigenvalue weighted by atomic mass is 9.90. The van der Waals surface area contributed by atoms with E-state index in [2.05, 4.69) is 10.0 Å². The number of amides is 1. The van der Waals surface area contributed by atoms with Crippen molar-refractivity contribution in [2.75, 3.05) is 13.1 Å². The maximum Gasteiger partial charge on any atom is 0.241 e. The molecule has 1 amide bonds. The predicted molar refractivity (Wildman–Crippen MR) is 92.8 cm³/mol. The van der Waals surface area contributed by atoms with E-state index in [4.69, 9.17) is 5.73 Å². The molecule has 1 saturated heterocycles. The van der Waals surface area contributed by atoms with Crippen molar-refractivity contribution in [1.29, 1.82) is 0 Å². The average molecular weight is 347 g/mol. The molecule has 24 heavy (non-hydrogen) atoms. The van der Waals surface area contributed by atoms with E-state index in [1.165, 1.54) is 0 Å². The third kappa shape index (κ3) is 3.43. The summed E-state index contributed by atoms with van der Waals surface area (Å²) in [4.78, 5) is 12.0. The summed E-state index contributed by atoms with van der Waals surface area (Å²) in [7, 11) is -3.85. The zero-order chi connectivity index (χ0) is 17.2. The number of carbonyl (C=O) groups excluding carboxylic acids is 1. The second-order valence-corrected chi connectivity index (χ2v) is 7.75. The average Bonchev–Trinajstić information content (AvgIpc) is 2.60. The van der Waals surface area contributed by atoms with Gasteiger partial charge in [0.25, 0.3) is 0 Å². The third-order valence-electron chi connectivity index (χ3n) is 4.48. The molecule has 1 atom stereocenters. The van der Waals surface area contributed by atoms with Gasteiger partial charge in [0.1, 0.15) is 6.04 Å². The van der Waals surface area contributed by atoms with Crippen molar-refractivity contribution in [3.8, 4) is 0 Å². The van der Waals surface area contributed by atoms with Gasteiger partial charge in [-0.2, -0.15) is 4.72 Å². The monoisotopic (exact) mass is 347 g/mol. The van der Waals surface area contributed by atoms with Crippen LogP contribution in [0.25, 0.3) is 10.8 Å². The minimum absolute atomic E-state index is 0.0894. The maximum atomic E-state index is 12.9. The zero-order valence-electron chi connectivity index (χ0n) is 13.2. The molecule has 1 fully saturated rings. The number of carbonyl (C=O) groups is 1. The molecule has 0 bridgehead atoms. The molecule has 4 N–H and O–H groups in total. The minimum atomic E-state index is -3.85. The van der Waals surface area contributed by atoms with Gasteiger partial charge in [-0.15, -0.1) is 0 Å². The van der Waals surface area contributed by atoms with Crippen LogP contribution in [0.4, 0.5) is 0 Å². The second kappa shape index (κ2) is 6.88. The molecule has 1 aliphatic rings. The lowest BCUT2D eigenvalue weighted by Gasteiger charge is -2.29. The van der Waals surface area contributed by atoms with Crippen LogP contribution in [0.3, 0.4) is 0 Å². The smallest absolute Gasteiger partial charge is 0.241 e. The Hall–Kier alpha value is -1.96. The van der Waals surface area contributed by atoms with Gasteiger partial charge < -0.3 is 11.1 Å². The molecular formula is C17H21N3O3S. The van der Waals surface area contributed by atoms with Crippen LogP contribution >= 0.6 is 0 Å². The van der Waals surface area contributed by atoms with E-state index in [9.17, 15) is 13.2 Å². The molecule has 0 aliphatic carbocycles. The summed E-state index contributed by atoms with van der Waals surface area (Å²) >= 11 is 0. The highest BCUT2D eigenvalue weighted by molar-refractivity contribution is 7.89. The van der Waals surface area contributed by atoms with E-state index in [1.807, 2.05) is 18.2 Å². The molecule has 1 heterocycles. The zero-order valence-corrected chi connectivity index (χ0v) is 14.1. The SMILES string of the molecule is NC(=O)C(NS(=O)(=O)c1cccc2ccccc12)C1CCNCC1. The number of primary amides is 1. The van der Waals surface area contributed by atoms with Crippen molar-refractivity contribution in [2.24, 2.45) is 11.7 Å². The van der Waals surface area contributed by atoms with Gasteiger partial charge in [0, 0.05) is 5.39 Å². The molecule has 0 spiro atoms. The second-order valence-electron chi connectivity index (χ2n) is 6.07. The summed E-state index contributed by atoms with van der Waals surface area (Å²) in [5.74, 6) is -0.723. The number of rotatable bonds is 5. The predicted octanol–water partition coefficient (Wildman–Crippen LogP) is 0.972. The van der Waals surface area contributed by atoms with Crippen LogP contribution < -0.4 is 15.8 Å². The Labute approximate surface area is 141 Å². The summed E-state index contributed by atoms with van der Waals surface area (Å²) in [5, 5.41) is 4.66. The molecular weight excluding hydrogens is 326 g/mol. The van der Waals surface area contributed by atoms with E-state index >= 15 is 0 Å². The maximum absolute atomic E-state index is 12.9. The van der Waals surface area contributed by atoms with Gasteiger partial charge in [0.05, 0.1) is 4.90 Å². The highest BCUT2D eigenvalue weighted by Gasteiger charge is 2.32. The summed E-state index contributed by atoms with van der Waals surface area (Å²) in [6.07, 6.45) is 1.43. The molecule has 0 radical (unpaired) electrons. The van der Waals surface area contributed by atoms with Crippen molar-refractivity contribution >= 4 is 26.7 Å². The van der Waals surface area contributed by atoms with Crippen LogP contribution in [0.15, 0.2) is 47.4 Å². The Kier molecular flexibility index (Phi) is 4.84. The number of piperidine rings is 1. The van der Waals surface area contributed by atoms with Gasteiger partial charge in [-0.05, 0) is 43.3 Å². The highest BCUT2D eigenvalue weighted by atomic mass is 32.2. The Morgan fingerprint density at radius 2 is 1.79 bits per heavy atom. The van der Waals surface area contributed by atoms with E-state index in [-0.39, 0.29) is 10.8 Å². The lowest BCUT2D eigenvalue weighted by Crippen LogP contribution is -2.51. The first kappa shape index (κ1) is 16.9. The Morgan fingerprint density at radius 3 is 2.50 bits per heavy atom. The molecule has 1 aliphatic heterocycles. The van der Waals surface area contributed by atoms with Crippen LogP contribution in [-0.2, 0) is 14.8 Å². The van der Waals surface area contributed by atoms with Gasteiger partial charge in [0.2, 0.25) is 15.9 Å². The lowest BCUT2D eigenvalue weighted by molar-refractivity contribution is -0.121. The minimum Gasteiger partial charge on any atom is -0.368 e. The molecule has 7 heteroatoms. The fourth-order valence-corrected chi connectivity index (χ4v) is 4.73. The van der Waals surface area contributed by atoms with Gasteiger partial charge >= 0.3 is 0 Å². The normalized spacial score (nSPS) is 17.7. The highest BCUT2D eigenvalue weighted by Crippen LogP contribution is 2.24. The quantitative estimate of drug-likeness (QED) is 0.750. The number of nitrogens with one attached hydrogen (secondary N) is 2. The topological polar surface area (TPSA) is 101 Å². The molecule has 128 valence electrons. The van der Waals surface area contributed by atoms with Crippen molar-refractivity contribution in [2.45, 2.75) is 23.8 Å². The Morgan fingerprint density at radius 1 is 1.12 bits per heavy atom. The third-order valence-corrected chi connectivity index (χ3v) is 5.98. The molecule has 3 rings (SSSR count). The van der Waals surface area contributed by atoms with Gasteiger partial charge in [-0.25, -0.2) is 8.42 Å². The first-order chi connectivity index (χ1) is 11.5. The van der Waals surface area contributed by atoms with Crippen LogP contribution in [0.1, 0.15) is 12.8 Å². The standard InChI is InChI=1S/C17H21N3O3S/c18-17(21)16(13-8-10-19-11-9-13)20-24(22,23)15-7-3-5-12-4-1-2-6-14(12)15/h1-7,13,16,19-20H,8-11H2,(H2,18,21). The fraction of sp³-hybridized carbons (Fsp3) is 0.353. The van der Waals surface area contributed by atoms with Crippen LogP contribution in [0.2, 0.25) is 0 Å². The van der Waals surface area contributed by atoms with Crippen molar-refractivity contribution in [3.05, 3.63) is 42.5 Å². The Balaban J connectivity index is 1.95. The van der Waals surface area contributed by atoms with Crippen molar-refractivity contribution in [1.82, 2.24) is 10.0 Å². The molecule has 2 aromatic rings. The summed E-state index contributed by atoms with van der Waals surface area (Å²) in [5.41, 5.74) is 5.48. The van der Waals surface area contributed by atoms with Crippen LogP contribution in [-0.4, -0.2) is 33.5 Å². The van der Waals surface area contributed by atoms with Gasteiger partial charge in [-0.1, -0.05) is 36.4 Å². The van der Waals surface area contributed by atoms with Crippen LogP contribution in [0.5, 0.6) is 0 Å². The van der Waals surface area contributed by atoms with Crippen LogP contribution in [0, 0.1) is 5.92 Å². The van der Waals surface area contributed by atoms with Gasteiger partial charge in [0.15, 0.2) is 0 Å². The molecule has 6 nitrogen and oxygen atoms in total. The summed E-state index contributed by atoms with van der Waals surface area (Å²) in [6, 6.07) is 11.5. The molecule has 0 saturated carbocycles. The number of hydrogen-bond donors (Lipinski definition) is 3. The Bertz CT molecular complexity index is 840. The molecule has 0 aromatic heterocycles. The first-order valence-corrected chi connectivity index (χ1v) is 9.47. The molecule has 2 aromatic carbocycles.